The molecule has 2 heterocycles. The smallest absolute Gasteiger partial charge is 0.192 e. The van der Waals surface area contributed by atoms with E-state index < -0.39 is 8.32 Å². The van der Waals surface area contributed by atoms with Crippen LogP contribution in [0.2, 0.25) is 18.1 Å². The predicted octanol–water partition coefficient (Wildman–Crippen LogP) is 5.62. The van der Waals surface area contributed by atoms with E-state index in [0.717, 1.165) is 25.9 Å². The highest BCUT2D eigenvalue weighted by atomic mass is 28.4. The molecule has 0 aromatic carbocycles. The third-order valence-corrected chi connectivity index (χ3v) is 13.1. The molecule has 2 aliphatic heterocycles. The first-order valence-corrected chi connectivity index (χ1v) is 14.6. The van der Waals surface area contributed by atoms with Crippen molar-refractivity contribution < 1.29 is 18.6 Å². The average Bonchev–Trinajstić information content (AvgIpc) is 3.47. The summed E-state index contributed by atoms with van der Waals surface area (Å²) in [6.45, 7) is 14.8. The fourth-order valence-corrected chi connectivity index (χ4v) is 6.95. The Hall–Kier alpha value is -0.203. The second kappa shape index (κ2) is 7.44. The van der Waals surface area contributed by atoms with Gasteiger partial charge in [-0.05, 0) is 70.0 Å². The van der Waals surface area contributed by atoms with E-state index in [1.165, 1.54) is 25.7 Å². The standard InChI is InChI=1S/C24H42O4Si/c1-22(2,3)29(6,7)28-18-14-15-24(16-26-24)21(20(18)25-5)23(4)19(27-23)13-12-17-10-8-9-11-17/h12,18-21H,8-11,13-16H2,1-7H3/t18?,19-,20-,21-,23+,24+/m1/s1. The van der Waals surface area contributed by atoms with E-state index >= 15 is 0 Å². The van der Waals surface area contributed by atoms with Crippen LogP contribution in [0.25, 0.3) is 0 Å². The molecule has 1 unspecified atom stereocenters. The molecular weight excluding hydrogens is 380 g/mol. The first-order valence-electron chi connectivity index (χ1n) is 11.7. The van der Waals surface area contributed by atoms with Crippen LogP contribution in [-0.2, 0) is 18.6 Å². The fourth-order valence-electron chi connectivity index (χ4n) is 5.59. The number of methoxy groups -OCH3 is 1. The van der Waals surface area contributed by atoms with Crippen LogP contribution in [0.3, 0.4) is 0 Å². The number of allylic oxidation sites excluding steroid dienone is 1. The average molecular weight is 423 g/mol. The molecule has 2 saturated carbocycles. The molecule has 5 heteroatoms. The molecule has 4 fully saturated rings. The summed E-state index contributed by atoms with van der Waals surface area (Å²) in [7, 11) is -0.0162. The third-order valence-electron chi connectivity index (χ3n) is 8.62. The first-order chi connectivity index (χ1) is 13.5. The summed E-state index contributed by atoms with van der Waals surface area (Å²) in [5.41, 5.74) is 1.41. The molecule has 0 bridgehead atoms. The monoisotopic (exact) mass is 422 g/mol. The van der Waals surface area contributed by atoms with Crippen molar-refractivity contribution in [3.63, 3.8) is 0 Å². The molecule has 6 atom stereocenters. The molecule has 0 radical (unpaired) electrons. The van der Waals surface area contributed by atoms with Gasteiger partial charge in [-0.25, -0.2) is 0 Å². The summed E-state index contributed by atoms with van der Waals surface area (Å²) in [4.78, 5) is 0. The molecular formula is C24H42O4Si. The number of epoxide rings is 2. The lowest BCUT2D eigenvalue weighted by Crippen LogP contribution is -2.58. The van der Waals surface area contributed by atoms with Crippen LogP contribution in [0.5, 0.6) is 0 Å². The molecule has 166 valence electrons. The summed E-state index contributed by atoms with van der Waals surface area (Å²) in [5, 5.41) is 0.196. The van der Waals surface area contributed by atoms with Gasteiger partial charge in [-0.15, -0.1) is 0 Å². The van der Waals surface area contributed by atoms with Gasteiger partial charge < -0.3 is 18.6 Å². The van der Waals surface area contributed by atoms with Crippen LogP contribution in [-0.4, -0.2) is 51.5 Å². The van der Waals surface area contributed by atoms with E-state index in [4.69, 9.17) is 18.6 Å². The van der Waals surface area contributed by atoms with Crippen LogP contribution < -0.4 is 0 Å². The highest BCUT2D eigenvalue weighted by molar-refractivity contribution is 6.74. The van der Waals surface area contributed by atoms with Crippen molar-refractivity contribution in [2.45, 2.75) is 120 Å². The summed E-state index contributed by atoms with van der Waals surface area (Å²) in [6, 6.07) is 0. The lowest BCUT2D eigenvalue weighted by Gasteiger charge is -2.47. The maximum atomic E-state index is 6.89. The van der Waals surface area contributed by atoms with Gasteiger partial charge in [0.1, 0.15) is 5.60 Å². The Morgan fingerprint density at radius 2 is 1.86 bits per heavy atom. The Morgan fingerprint density at radius 3 is 2.41 bits per heavy atom. The zero-order valence-corrected chi connectivity index (χ0v) is 20.7. The molecule has 0 aromatic rings. The number of ether oxygens (including phenoxy) is 3. The third kappa shape index (κ3) is 4.02. The van der Waals surface area contributed by atoms with Crippen molar-refractivity contribution in [3.05, 3.63) is 11.6 Å². The number of hydrogen-bond donors (Lipinski definition) is 0. The topological polar surface area (TPSA) is 43.5 Å². The molecule has 2 aliphatic carbocycles. The van der Waals surface area contributed by atoms with Gasteiger partial charge in [0, 0.05) is 7.11 Å². The lowest BCUT2D eigenvalue weighted by molar-refractivity contribution is -0.111. The van der Waals surface area contributed by atoms with Gasteiger partial charge in [0.05, 0.1) is 36.4 Å². The molecule has 0 N–H and O–H groups in total. The largest absolute Gasteiger partial charge is 0.411 e. The molecule has 4 rings (SSSR count). The Labute approximate surface area is 178 Å². The van der Waals surface area contributed by atoms with Crippen molar-refractivity contribution in [2.24, 2.45) is 5.92 Å². The van der Waals surface area contributed by atoms with Gasteiger partial charge in [-0.2, -0.15) is 0 Å². The lowest BCUT2D eigenvalue weighted by atomic mass is 9.68. The Balaban J connectivity index is 1.51. The minimum Gasteiger partial charge on any atom is -0.411 e. The highest BCUT2D eigenvalue weighted by Crippen LogP contribution is 2.60. The van der Waals surface area contributed by atoms with Crippen LogP contribution in [0, 0.1) is 5.92 Å². The Kier molecular flexibility index (Phi) is 5.65. The molecule has 2 saturated heterocycles. The molecule has 0 aromatic heterocycles. The molecule has 0 amide bonds. The Morgan fingerprint density at radius 1 is 1.21 bits per heavy atom. The van der Waals surface area contributed by atoms with Crippen LogP contribution in [0.4, 0.5) is 0 Å². The van der Waals surface area contributed by atoms with E-state index in [1.807, 2.05) is 7.11 Å². The summed E-state index contributed by atoms with van der Waals surface area (Å²) in [5.74, 6) is 0.246. The quantitative estimate of drug-likeness (QED) is 0.317. The van der Waals surface area contributed by atoms with Gasteiger partial charge in [0.25, 0.3) is 0 Å². The maximum Gasteiger partial charge on any atom is 0.192 e. The summed E-state index contributed by atoms with van der Waals surface area (Å²) < 4.78 is 25.6. The van der Waals surface area contributed by atoms with Crippen molar-refractivity contribution in [3.8, 4) is 0 Å². The number of hydrogen-bond acceptors (Lipinski definition) is 4. The molecule has 29 heavy (non-hydrogen) atoms. The SMILES string of the molecule is CO[C@@H]1C(O[Si](C)(C)C(C)(C)C)CC[C@]2(CO2)[C@H]1[C@@]1(C)O[C@@H]1CC=C1CCCC1. The molecule has 4 nitrogen and oxygen atoms in total. The van der Waals surface area contributed by atoms with Gasteiger partial charge >= 0.3 is 0 Å². The zero-order valence-electron chi connectivity index (χ0n) is 19.7. The van der Waals surface area contributed by atoms with Crippen molar-refractivity contribution >= 4 is 8.32 Å². The van der Waals surface area contributed by atoms with Gasteiger partial charge in [-0.1, -0.05) is 32.4 Å². The fraction of sp³-hybridized carbons (Fsp3) is 0.917. The van der Waals surface area contributed by atoms with E-state index in [1.54, 1.807) is 5.57 Å². The van der Waals surface area contributed by atoms with Crippen molar-refractivity contribution in [1.29, 1.82) is 0 Å². The molecule has 4 aliphatic rings. The summed E-state index contributed by atoms with van der Waals surface area (Å²) in [6.07, 6.45) is 11.3. The van der Waals surface area contributed by atoms with E-state index in [9.17, 15) is 0 Å². The van der Waals surface area contributed by atoms with Crippen molar-refractivity contribution in [2.75, 3.05) is 13.7 Å². The first kappa shape index (κ1) is 22.0. The van der Waals surface area contributed by atoms with Crippen LogP contribution in [0.1, 0.15) is 72.6 Å². The molecule has 1 spiro atoms. The predicted molar refractivity (Wildman–Crippen MR) is 119 cm³/mol. The highest BCUT2D eigenvalue weighted by Gasteiger charge is 2.72. The number of rotatable bonds is 6. The van der Waals surface area contributed by atoms with Crippen LogP contribution >= 0.6 is 0 Å². The Bertz CT molecular complexity index is 640. The van der Waals surface area contributed by atoms with E-state index in [0.29, 0.717) is 0 Å². The van der Waals surface area contributed by atoms with E-state index in [2.05, 4.69) is 46.9 Å². The maximum absolute atomic E-state index is 6.89. The zero-order chi connectivity index (χ0) is 21.1. The second-order valence-electron chi connectivity index (χ2n) is 11.6. The second-order valence-corrected chi connectivity index (χ2v) is 16.3. The van der Waals surface area contributed by atoms with Crippen LogP contribution in [0.15, 0.2) is 11.6 Å². The van der Waals surface area contributed by atoms with Crippen molar-refractivity contribution in [1.82, 2.24) is 0 Å². The van der Waals surface area contributed by atoms with E-state index in [-0.39, 0.29) is 40.5 Å². The normalized spacial score (nSPS) is 42.4. The van der Waals surface area contributed by atoms with Gasteiger partial charge in [0.2, 0.25) is 0 Å². The van der Waals surface area contributed by atoms with Gasteiger partial charge in [0.15, 0.2) is 8.32 Å². The van der Waals surface area contributed by atoms with Gasteiger partial charge in [-0.3, -0.25) is 0 Å². The minimum atomic E-state index is -1.87. The minimum absolute atomic E-state index is 0.0366. The summed E-state index contributed by atoms with van der Waals surface area (Å²) >= 11 is 0.